The molecular weight excluding hydrogens is 235 g/mol. The number of nitriles is 1. The molecule has 1 rings (SSSR count). The first-order chi connectivity index (χ1) is 5.93. The Morgan fingerprint density at radius 1 is 1.23 bits per heavy atom. The molecule has 1 nitrogen and oxygen atoms in total. The molecule has 0 heterocycles. The lowest BCUT2D eigenvalue weighted by atomic mass is 10.1. The van der Waals surface area contributed by atoms with Crippen molar-refractivity contribution in [3.8, 4) is 6.07 Å². The summed E-state index contributed by atoms with van der Waals surface area (Å²) in [7, 11) is 0. The highest BCUT2D eigenvalue weighted by molar-refractivity contribution is 6.66. The largest absolute Gasteiger partial charge is 0.216 e. The molecule has 13 heavy (non-hydrogen) atoms. The van der Waals surface area contributed by atoms with Gasteiger partial charge in [0.1, 0.15) is 5.82 Å². The predicted octanol–water partition coefficient (Wildman–Crippen LogP) is 3.52. The van der Waals surface area contributed by atoms with Crippen LogP contribution in [0.25, 0.3) is 0 Å². The van der Waals surface area contributed by atoms with E-state index in [2.05, 4.69) is 0 Å². The SMILES string of the molecule is N#Cc1cc(F)cc(C(Cl)(Cl)Cl)c1. The van der Waals surface area contributed by atoms with Crippen LogP contribution < -0.4 is 0 Å². The molecule has 0 saturated heterocycles. The Morgan fingerprint density at radius 2 is 1.85 bits per heavy atom. The summed E-state index contributed by atoms with van der Waals surface area (Å²) in [5, 5.41) is 8.51. The van der Waals surface area contributed by atoms with Crippen molar-refractivity contribution >= 4 is 34.8 Å². The monoisotopic (exact) mass is 237 g/mol. The van der Waals surface area contributed by atoms with Crippen LogP contribution in [0.5, 0.6) is 0 Å². The van der Waals surface area contributed by atoms with Crippen molar-refractivity contribution in [3.63, 3.8) is 0 Å². The average molecular weight is 238 g/mol. The van der Waals surface area contributed by atoms with Crippen LogP contribution in [0.4, 0.5) is 4.39 Å². The molecule has 0 unspecified atom stereocenters. The number of rotatable bonds is 0. The van der Waals surface area contributed by atoms with E-state index in [-0.39, 0.29) is 11.1 Å². The van der Waals surface area contributed by atoms with Crippen LogP contribution in [0, 0.1) is 17.1 Å². The first-order valence-electron chi connectivity index (χ1n) is 3.21. The molecule has 0 N–H and O–H groups in total. The topological polar surface area (TPSA) is 23.8 Å². The van der Waals surface area contributed by atoms with Gasteiger partial charge in [-0.2, -0.15) is 5.26 Å². The first kappa shape index (κ1) is 10.6. The van der Waals surface area contributed by atoms with Gasteiger partial charge in [0.15, 0.2) is 0 Å². The van der Waals surface area contributed by atoms with Crippen molar-refractivity contribution in [3.05, 3.63) is 35.1 Å². The molecule has 0 saturated carbocycles. The van der Waals surface area contributed by atoms with Gasteiger partial charge in [-0.1, -0.05) is 34.8 Å². The summed E-state index contributed by atoms with van der Waals surface area (Å²) < 4.78 is 11.1. The molecule has 5 heteroatoms. The van der Waals surface area contributed by atoms with E-state index in [4.69, 9.17) is 40.1 Å². The molecule has 0 radical (unpaired) electrons. The quantitative estimate of drug-likeness (QED) is 0.634. The van der Waals surface area contributed by atoms with Crippen molar-refractivity contribution in [2.24, 2.45) is 0 Å². The van der Waals surface area contributed by atoms with Crippen LogP contribution in [0.1, 0.15) is 11.1 Å². The zero-order chi connectivity index (χ0) is 10.1. The van der Waals surface area contributed by atoms with Gasteiger partial charge >= 0.3 is 0 Å². The molecule has 0 aliphatic carbocycles. The maximum Gasteiger partial charge on any atom is 0.216 e. The van der Waals surface area contributed by atoms with Gasteiger partial charge in [-0.25, -0.2) is 4.39 Å². The van der Waals surface area contributed by atoms with E-state index in [0.29, 0.717) is 0 Å². The first-order valence-corrected chi connectivity index (χ1v) is 4.35. The number of halogens is 4. The molecule has 0 bridgehead atoms. The smallest absolute Gasteiger partial charge is 0.207 e. The summed E-state index contributed by atoms with van der Waals surface area (Å²) in [5.41, 5.74) is 0.273. The second kappa shape index (κ2) is 3.71. The Morgan fingerprint density at radius 3 is 2.31 bits per heavy atom. The normalized spacial score (nSPS) is 11.0. The number of nitrogens with zero attached hydrogens (tertiary/aromatic N) is 1. The molecule has 0 atom stereocenters. The Labute approximate surface area is 89.6 Å². The third-order valence-electron chi connectivity index (χ3n) is 1.35. The highest BCUT2D eigenvalue weighted by Gasteiger charge is 2.23. The Balaban J connectivity index is 3.26. The second-order valence-corrected chi connectivity index (χ2v) is 4.62. The summed E-state index contributed by atoms with van der Waals surface area (Å²) in [4.78, 5) is 0. The van der Waals surface area contributed by atoms with E-state index in [0.717, 1.165) is 12.1 Å². The molecule has 0 aliphatic rings. The van der Waals surface area contributed by atoms with E-state index in [1.165, 1.54) is 6.07 Å². The van der Waals surface area contributed by atoms with Gasteiger partial charge < -0.3 is 0 Å². The maximum absolute atomic E-state index is 12.8. The zero-order valence-corrected chi connectivity index (χ0v) is 8.46. The molecule has 1 aromatic carbocycles. The van der Waals surface area contributed by atoms with Gasteiger partial charge in [-0.3, -0.25) is 0 Å². The van der Waals surface area contributed by atoms with Gasteiger partial charge in [0.05, 0.1) is 11.6 Å². The standard InChI is InChI=1S/C8H3Cl3FN/c9-8(10,11)6-1-5(4-13)2-7(12)3-6/h1-3H. The Hall–Kier alpha value is -0.490. The minimum absolute atomic E-state index is 0.126. The van der Waals surface area contributed by atoms with Gasteiger partial charge in [0.2, 0.25) is 3.79 Å². The number of hydrogen-bond donors (Lipinski definition) is 0. The Bertz CT molecular complexity index is 365. The zero-order valence-electron chi connectivity index (χ0n) is 6.19. The lowest BCUT2D eigenvalue weighted by Gasteiger charge is -2.10. The van der Waals surface area contributed by atoms with Crippen LogP contribution in [0.15, 0.2) is 18.2 Å². The minimum Gasteiger partial charge on any atom is -0.207 e. The summed E-state index contributed by atoms with van der Waals surface area (Å²) in [6.45, 7) is 0. The van der Waals surface area contributed by atoms with Crippen molar-refractivity contribution in [2.75, 3.05) is 0 Å². The van der Waals surface area contributed by atoms with Crippen molar-refractivity contribution in [1.29, 1.82) is 5.26 Å². The lowest BCUT2D eigenvalue weighted by Crippen LogP contribution is -2.01. The van der Waals surface area contributed by atoms with E-state index in [1.54, 1.807) is 6.07 Å². The number of benzene rings is 1. The van der Waals surface area contributed by atoms with Crippen LogP contribution in [-0.2, 0) is 3.79 Å². The highest BCUT2D eigenvalue weighted by atomic mass is 35.6. The minimum atomic E-state index is -1.70. The number of hydrogen-bond acceptors (Lipinski definition) is 1. The second-order valence-electron chi connectivity index (χ2n) is 2.34. The third kappa shape index (κ3) is 2.73. The molecule has 1 aromatic rings. The summed E-state index contributed by atoms with van der Waals surface area (Å²) in [6.07, 6.45) is 0. The van der Waals surface area contributed by atoms with Gasteiger partial charge in [0, 0.05) is 5.56 Å². The summed E-state index contributed by atoms with van der Waals surface area (Å²) in [6, 6.07) is 5.24. The molecule has 0 aromatic heterocycles. The molecule has 0 aliphatic heterocycles. The van der Waals surface area contributed by atoms with Crippen molar-refractivity contribution in [2.45, 2.75) is 3.79 Å². The van der Waals surface area contributed by atoms with Gasteiger partial charge in [0.25, 0.3) is 0 Å². The fourth-order valence-corrected chi connectivity index (χ4v) is 1.15. The fourth-order valence-electron chi connectivity index (χ4n) is 0.818. The van der Waals surface area contributed by atoms with E-state index < -0.39 is 9.61 Å². The third-order valence-corrected chi connectivity index (χ3v) is 2.01. The van der Waals surface area contributed by atoms with E-state index in [9.17, 15) is 4.39 Å². The number of alkyl halides is 3. The summed E-state index contributed by atoms with van der Waals surface area (Å²) >= 11 is 16.5. The molecule has 68 valence electrons. The molecule has 0 fully saturated rings. The molecule has 0 spiro atoms. The average Bonchev–Trinajstić information content (AvgIpc) is 2.01. The van der Waals surface area contributed by atoms with Crippen LogP contribution >= 0.6 is 34.8 Å². The Kier molecular flexibility index (Phi) is 3.02. The van der Waals surface area contributed by atoms with Crippen LogP contribution in [-0.4, -0.2) is 0 Å². The van der Waals surface area contributed by atoms with Gasteiger partial charge in [-0.05, 0) is 18.2 Å². The van der Waals surface area contributed by atoms with Crippen LogP contribution in [0.2, 0.25) is 0 Å². The van der Waals surface area contributed by atoms with Gasteiger partial charge in [-0.15, -0.1) is 0 Å². The van der Waals surface area contributed by atoms with Crippen LogP contribution in [0.3, 0.4) is 0 Å². The highest BCUT2D eigenvalue weighted by Crippen LogP contribution is 2.38. The van der Waals surface area contributed by atoms with Crippen molar-refractivity contribution in [1.82, 2.24) is 0 Å². The lowest BCUT2D eigenvalue weighted by molar-refractivity contribution is 0.625. The molecule has 0 amide bonds. The fraction of sp³-hybridized carbons (Fsp3) is 0.125. The van der Waals surface area contributed by atoms with E-state index in [1.807, 2.05) is 0 Å². The molecular formula is C8H3Cl3FN. The van der Waals surface area contributed by atoms with Crippen molar-refractivity contribution < 1.29 is 4.39 Å². The predicted molar refractivity (Wildman–Crippen MR) is 50.4 cm³/mol. The maximum atomic E-state index is 12.8. The van der Waals surface area contributed by atoms with E-state index >= 15 is 0 Å². The summed E-state index contributed by atoms with van der Waals surface area (Å²) in [5.74, 6) is -0.597.